The summed E-state index contributed by atoms with van der Waals surface area (Å²) in [5.74, 6) is -1.11. The minimum atomic E-state index is -4.65. The van der Waals surface area contributed by atoms with Gasteiger partial charge in [0.15, 0.2) is 9.91 Å². The maximum absolute atomic E-state index is 12.9. The molecule has 1 aliphatic heterocycles. The molecular weight excluding hydrogens is 325 g/mol. The smallest absolute Gasteiger partial charge is 0.304 e. The first-order valence-corrected chi connectivity index (χ1v) is 7.24. The van der Waals surface area contributed by atoms with E-state index in [0.29, 0.717) is 22.3 Å². The zero-order valence-corrected chi connectivity index (χ0v) is 12.7. The van der Waals surface area contributed by atoms with Crippen molar-refractivity contribution in [2.45, 2.75) is 30.8 Å². The number of aliphatic imine (C=N–C) groups is 1. The minimum absolute atomic E-state index is 0.0488. The van der Waals surface area contributed by atoms with Crippen LogP contribution in [0.25, 0.3) is 0 Å². The molecule has 1 aliphatic rings. The van der Waals surface area contributed by atoms with E-state index in [2.05, 4.69) is 10.3 Å². The average molecular weight is 337 g/mol. The van der Waals surface area contributed by atoms with Crippen LogP contribution in [0.1, 0.15) is 25.5 Å². The van der Waals surface area contributed by atoms with Gasteiger partial charge in [-0.25, -0.2) is 0 Å². The predicted octanol–water partition coefficient (Wildman–Crippen LogP) is 3.94. The molecule has 0 radical (unpaired) electrons. The molecule has 2 atom stereocenters. The quantitative estimate of drug-likeness (QED) is 0.888. The first kappa shape index (κ1) is 16.2. The van der Waals surface area contributed by atoms with Crippen molar-refractivity contribution in [1.82, 2.24) is 5.32 Å². The number of carbonyl (C=O) groups is 1. The average Bonchev–Trinajstić information content (AvgIpc) is 2.65. The van der Waals surface area contributed by atoms with E-state index in [1.165, 1.54) is 0 Å². The number of carbonyl (C=O) groups excluding carboxylic acids is 1. The summed E-state index contributed by atoms with van der Waals surface area (Å²) in [4.78, 5) is 15.7. The standard InChI is InChI=1S/C13H12ClF3N2OS/c1-7(8-5-3-4-6-9(8)14)18-11-19-10(20)12(2,21-11)13(15,16)17/h3-7H,1-2H3,(H,18,19,20)/t7-,12-/m0/s1. The Morgan fingerprint density at radius 3 is 2.52 bits per heavy atom. The molecule has 114 valence electrons. The van der Waals surface area contributed by atoms with E-state index in [-0.39, 0.29) is 5.17 Å². The molecule has 0 bridgehead atoms. The monoisotopic (exact) mass is 336 g/mol. The van der Waals surface area contributed by atoms with Gasteiger partial charge in [-0.3, -0.25) is 9.79 Å². The second-order valence-electron chi connectivity index (χ2n) is 4.72. The first-order chi connectivity index (χ1) is 9.65. The number of benzene rings is 1. The van der Waals surface area contributed by atoms with E-state index in [4.69, 9.17) is 11.6 Å². The Kier molecular flexibility index (Phi) is 4.26. The summed E-state index contributed by atoms with van der Waals surface area (Å²) in [5.41, 5.74) is 0.683. The molecule has 0 unspecified atom stereocenters. The fourth-order valence-electron chi connectivity index (χ4n) is 1.79. The number of hydrogen-bond acceptors (Lipinski definition) is 3. The maximum Gasteiger partial charge on any atom is 0.412 e. The summed E-state index contributed by atoms with van der Waals surface area (Å²) in [6.07, 6.45) is -4.65. The molecule has 1 aromatic carbocycles. The predicted molar refractivity (Wildman–Crippen MR) is 77.5 cm³/mol. The van der Waals surface area contributed by atoms with E-state index in [9.17, 15) is 18.0 Å². The Morgan fingerprint density at radius 2 is 2.00 bits per heavy atom. The molecule has 3 nitrogen and oxygen atoms in total. The van der Waals surface area contributed by atoms with Gasteiger partial charge in [0, 0.05) is 5.02 Å². The number of nitrogens with one attached hydrogen (secondary N) is 1. The lowest BCUT2D eigenvalue weighted by molar-refractivity contribution is -0.166. The van der Waals surface area contributed by atoms with Crippen molar-refractivity contribution < 1.29 is 18.0 Å². The summed E-state index contributed by atoms with van der Waals surface area (Å²) in [6.45, 7) is 2.54. The van der Waals surface area contributed by atoms with Crippen molar-refractivity contribution in [3.05, 3.63) is 34.9 Å². The van der Waals surface area contributed by atoms with Crippen LogP contribution >= 0.6 is 23.4 Å². The van der Waals surface area contributed by atoms with Gasteiger partial charge in [0.1, 0.15) is 0 Å². The summed E-state index contributed by atoms with van der Waals surface area (Å²) in [5, 5.41) is 2.61. The Balaban J connectivity index is 2.25. The molecule has 0 aromatic heterocycles. The van der Waals surface area contributed by atoms with Gasteiger partial charge in [0.25, 0.3) is 5.91 Å². The molecule has 1 fully saturated rings. The van der Waals surface area contributed by atoms with Crippen LogP contribution in [0.5, 0.6) is 0 Å². The minimum Gasteiger partial charge on any atom is -0.304 e. The number of halogens is 4. The first-order valence-electron chi connectivity index (χ1n) is 6.04. The molecule has 0 saturated carbocycles. The van der Waals surface area contributed by atoms with Gasteiger partial charge in [-0.05, 0) is 25.5 Å². The lowest BCUT2D eigenvalue weighted by Gasteiger charge is -2.21. The molecule has 2 rings (SSSR count). The molecule has 21 heavy (non-hydrogen) atoms. The van der Waals surface area contributed by atoms with Crippen LogP contribution in [0.15, 0.2) is 29.3 Å². The number of nitrogens with zero attached hydrogens (tertiary/aromatic N) is 1. The molecule has 1 saturated heterocycles. The lowest BCUT2D eigenvalue weighted by Crippen LogP contribution is -2.46. The van der Waals surface area contributed by atoms with Crippen molar-refractivity contribution >= 4 is 34.4 Å². The van der Waals surface area contributed by atoms with Gasteiger partial charge < -0.3 is 5.32 Å². The van der Waals surface area contributed by atoms with Crippen molar-refractivity contribution in [3.8, 4) is 0 Å². The second kappa shape index (κ2) is 5.53. The van der Waals surface area contributed by atoms with Crippen LogP contribution in [-0.2, 0) is 4.79 Å². The summed E-state index contributed by atoms with van der Waals surface area (Å²) in [7, 11) is 0. The van der Waals surface area contributed by atoms with Gasteiger partial charge in [0.05, 0.1) is 6.04 Å². The van der Waals surface area contributed by atoms with Crippen molar-refractivity contribution in [3.63, 3.8) is 0 Å². The zero-order chi connectivity index (χ0) is 15.8. The largest absolute Gasteiger partial charge is 0.412 e. The molecule has 0 aliphatic carbocycles. The van der Waals surface area contributed by atoms with Gasteiger partial charge in [0.2, 0.25) is 0 Å². The van der Waals surface area contributed by atoms with E-state index in [0.717, 1.165) is 6.92 Å². The van der Waals surface area contributed by atoms with Crippen molar-refractivity contribution in [2.75, 3.05) is 0 Å². The molecular formula is C13H12ClF3N2OS. The highest BCUT2D eigenvalue weighted by Crippen LogP contribution is 2.45. The van der Waals surface area contributed by atoms with Crippen LogP contribution < -0.4 is 5.32 Å². The van der Waals surface area contributed by atoms with E-state index >= 15 is 0 Å². The van der Waals surface area contributed by atoms with E-state index in [1.54, 1.807) is 31.2 Å². The highest BCUT2D eigenvalue weighted by molar-refractivity contribution is 8.16. The fraction of sp³-hybridized carbons (Fsp3) is 0.385. The second-order valence-corrected chi connectivity index (χ2v) is 6.53. The Morgan fingerprint density at radius 1 is 1.38 bits per heavy atom. The highest BCUT2D eigenvalue weighted by Gasteiger charge is 2.61. The van der Waals surface area contributed by atoms with Crippen molar-refractivity contribution in [1.29, 1.82) is 0 Å². The number of thioether (sulfide) groups is 1. The van der Waals surface area contributed by atoms with E-state index in [1.807, 2.05) is 0 Å². The number of amides is 1. The van der Waals surface area contributed by atoms with Crippen LogP contribution in [-0.4, -0.2) is 22.0 Å². The maximum atomic E-state index is 12.9. The number of alkyl halides is 3. The summed E-state index contributed by atoms with van der Waals surface area (Å²) in [6, 6.07) is 6.46. The fourth-order valence-corrected chi connectivity index (χ4v) is 3.08. The normalized spacial score (nSPS) is 26.0. The topological polar surface area (TPSA) is 41.5 Å². The van der Waals surface area contributed by atoms with Gasteiger partial charge >= 0.3 is 6.18 Å². The van der Waals surface area contributed by atoms with Crippen LogP contribution in [0.2, 0.25) is 5.02 Å². The molecule has 8 heteroatoms. The van der Waals surface area contributed by atoms with Gasteiger partial charge in [-0.2, -0.15) is 13.2 Å². The zero-order valence-electron chi connectivity index (χ0n) is 11.2. The number of rotatable bonds is 2. The third-order valence-corrected chi connectivity index (χ3v) is 4.73. The third kappa shape index (κ3) is 3.03. The highest BCUT2D eigenvalue weighted by atomic mass is 35.5. The van der Waals surface area contributed by atoms with Crippen LogP contribution in [0.4, 0.5) is 13.2 Å². The number of amidine groups is 1. The van der Waals surface area contributed by atoms with E-state index < -0.39 is 22.9 Å². The Hall–Kier alpha value is -1.21. The number of hydrogen-bond donors (Lipinski definition) is 1. The Bertz CT molecular complexity index is 605. The lowest BCUT2D eigenvalue weighted by atomic mass is 10.1. The van der Waals surface area contributed by atoms with Gasteiger partial charge in [-0.1, -0.05) is 41.6 Å². The van der Waals surface area contributed by atoms with Gasteiger partial charge in [-0.15, -0.1) is 0 Å². The van der Waals surface area contributed by atoms with Crippen LogP contribution in [0.3, 0.4) is 0 Å². The summed E-state index contributed by atoms with van der Waals surface area (Å²) < 4.78 is 36.3. The molecule has 0 spiro atoms. The third-order valence-electron chi connectivity index (χ3n) is 3.16. The van der Waals surface area contributed by atoms with Crippen molar-refractivity contribution in [2.24, 2.45) is 4.99 Å². The van der Waals surface area contributed by atoms with Crippen LogP contribution in [0, 0.1) is 0 Å². The summed E-state index contributed by atoms with van der Waals surface area (Å²) >= 11 is 6.40. The molecule has 1 N–H and O–H groups in total. The Labute approximate surface area is 129 Å². The molecule has 1 aromatic rings. The SMILES string of the molecule is C[C@H](N=C1NC(=O)[C@@](C)(C(F)(F)F)S1)c1ccccc1Cl. The molecule has 1 amide bonds. The molecule has 1 heterocycles.